The third kappa shape index (κ3) is 3.78. The third-order valence-electron chi connectivity index (χ3n) is 5.62. The largest absolute Gasteiger partial charge is 0.361 e. The molecule has 0 aliphatic carbocycles. The van der Waals surface area contributed by atoms with E-state index in [1.54, 1.807) is 0 Å². The third-order valence-corrected chi connectivity index (χ3v) is 5.87. The summed E-state index contributed by atoms with van der Waals surface area (Å²) >= 11 is 5.97. The summed E-state index contributed by atoms with van der Waals surface area (Å²) in [5, 5.41) is 12.5. The fourth-order valence-electron chi connectivity index (χ4n) is 4.07. The molecule has 30 heavy (non-hydrogen) atoms. The molecular weight excluding hydrogens is 398 g/mol. The number of amides is 1. The van der Waals surface area contributed by atoms with Gasteiger partial charge in [-0.25, -0.2) is 0 Å². The van der Waals surface area contributed by atoms with E-state index in [2.05, 4.69) is 25.4 Å². The average molecular weight is 420 g/mol. The number of para-hydroxylation sites is 1. The quantitative estimate of drug-likeness (QED) is 0.454. The Labute approximate surface area is 179 Å². The van der Waals surface area contributed by atoms with Crippen molar-refractivity contribution < 1.29 is 4.79 Å². The summed E-state index contributed by atoms with van der Waals surface area (Å²) in [7, 11) is 0. The number of benzene rings is 2. The lowest BCUT2D eigenvalue weighted by Gasteiger charge is -2.16. The Bertz CT molecular complexity index is 1180. The number of anilines is 1. The second kappa shape index (κ2) is 7.88. The van der Waals surface area contributed by atoms with Gasteiger partial charge in [0.15, 0.2) is 5.82 Å². The number of carbonyl (C=O) groups excluding carboxylic acids is 1. The van der Waals surface area contributed by atoms with Crippen LogP contribution < -0.4 is 10.2 Å². The molecule has 4 aromatic rings. The highest BCUT2D eigenvalue weighted by Crippen LogP contribution is 2.25. The van der Waals surface area contributed by atoms with E-state index in [1.165, 1.54) is 0 Å². The Hall–Kier alpha value is -3.25. The van der Waals surface area contributed by atoms with E-state index in [1.807, 2.05) is 60.8 Å². The van der Waals surface area contributed by atoms with Gasteiger partial charge in [0.2, 0.25) is 5.91 Å². The van der Waals surface area contributed by atoms with Crippen molar-refractivity contribution in [1.82, 2.24) is 20.5 Å². The van der Waals surface area contributed by atoms with Crippen LogP contribution in [-0.4, -0.2) is 40.2 Å². The molecule has 7 heteroatoms. The Morgan fingerprint density at radius 1 is 1.20 bits per heavy atom. The minimum atomic E-state index is 0.0514. The molecule has 1 amide bonds. The summed E-state index contributed by atoms with van der Waals surface area (Å²) in [6.45, 7) is 1.62. The molecule has 3 N–H and O–H groups in total. The van der Waals surface area contributed by atoms with Crippen LogP contribution in [0.3, 0.4) is 0 Å². The molecule has 1 fully saturated rings. The number of aromatic amines is 2. The van der Waals surface area contributed by atoms with Crippen molar-refractivity contribution in [3.63, 3.8) is 0 Å². The van der Waals surface area contributed by atoms with E-state index in [4.69, 9.17) is 11.6 Å². The zero-order valence-electron chi connectivity index (χ0n) is 16.4. The fraction of sp³-hybridized carbons (Fsp3) is 0.217. The Morgan fingerprint density at radius 2 is 2.03 bits per heavy atom. The molecule has 2 aromatic heterocycles. The van der Waals surface area contributed by atoms with Crippen molar-refractivity contribution in [2.45, 2.75) is 18.9 Å². The highest BCUT2D eigenvalue weighted by Gasteiger charge is 2.26. The van der Waals surface area contributed by atoms with E-state index in [-0.39, 0.29) is 11.9 Å². The fourth-order valence-corrected chi connectivity index (χ4v) is 4.19. The van der Waals surface area contributed by atoms with Crippen LogP contribution in [0.15, 0.2) is 60.8 Å². The van der Waals surface area contributed by atoms with Gasteiger partial charge in [-0.05, 0) is 35.7 Å². The number of halogens is 1. The summed E-state index contributed by atoms with van der Waals surface area (Å²) in [5.41, 5.74) is 4.08. The predicted molar refractivity (Wildman–Crippen MR) is 120 cm³/mol. The van der Waals surface area contributed by atoms with Crippen LogP contribution >= 0.6 is 11.6 Å². The first-order valence-corrected chi connectivity index (χ1v) is 10.4. The molecule has 152 valence electrons. The Balaban J connectivity index is 1.20. The number of rotatable bonds is 5. The van der Waals surface area contributed by atoms with Crippen molar-refractivity contribution in [2.75, 3.05) is 18.0 Å². The van der Waals surface area contributed by atoms with Crippen molar-refractivity contribution in [3.8, 4) is 11.3 Å². The lowest BCUT2D eigenvalue weighted by Crippen LogP contribution is -2.38. The van der Waals surface area contributed by atoms with Crippen LogP contribution in [0.5, 0.6) is 0 Å². The smallest absolute Gasteiger partial charge is 0.224 e. The zero-order chi connectivity index (χ0) is 20.5. The monoisotopic (exact) mass is 419 g/mol. The summed E-state index contributed by atoms with van der Waals surface area (Å²) in [5.74, 6) is 0.948. The number of H-pyrrole nitrogens is 2. The molecule has 3 heterocycles. The molecule has 6 nitrogen and oxygen atoms in total. The van der Waals surface area contributed by atoms with Crippen LogP contribution in [0.2, 0.25) is 5.02 Å². The lowest BCUT2D eigenvalue weighted by atomic mass is 10.1. The maximum atomic E-state index is 12.6. The zero-order valence-corrected chi connectivity index (χ0v) is 17.1. The molecule has 1 saturated heterocycles. The van der Waals surface area contributed by atoms with E-state index in [0.717, 1.165) is 53.1 Å². The molecule has 0 bridgehead atoms. The van der Waals surface area contributed by atoms with Gasteiger partial charge in [0.25, 0.3) is 0 Å². The number of nitrogens with one attached hydrogen (secondary N) is 3. The molecular formula is C23H22ClN5O. The minimum absolute atomic E-state index is 0.0514. The highest BCUT2D eigenvalue weighted by molar-refractivity contribution is 6.30. The van der Waals surface area contributed by atoms with Gasteiger partial charge in [-0.3, -0.25) is 9.89 Å². The van der Waals surface area contributed by atoms with Gasteiger partial charge in [-0.2, -0.15) is 5.10 Å². The molecule has 1 aliphatic rings. The van der Waals surface area contributed by atoms with Gasteiger partial charge >= 0.3 is 0 Å². The number of carbonyl (C=O) groups is 1. The maximum absolute atomic E-state index is 12.6. The summed E-state index contributed by atoms with van der Waals surface area (Å²) in [4.78, 5) is 18.0. The number of nitrogens with zero attached hydrogens (tertiary/aromatic N) is 2. The number of hydrogen-bond donors (Lipinski definition) is 3. The molecule has 1 unspecified atom stereocenters. The first-order chi connectivity index (χ1) is 14.7. The molecule has 2 aromatic carbocycles. The van der Waals surface area contributed by atoms with Gasteiger partial charge in [0.1, 0.15) is 0 Å². The van der Waals surface area contributed by atoms with Crippen LogP contribution in [0.25, 0.3) is 22.2 Å². The number of fused-ring (bicyclic) bond motifs is 1. The summed E-state index contributed by atoms with van der Waals surface area (Å²) in [6.07, 6.45) is 3.21. The van der Waals surface area contributed by atoms with Crippen LogP contribution in [-0.2, 0) is 11.2 Å². The van der Waals surface area contributed by atoms with Crippen LogP contribution in [0.4, 0.5) is 5.82 Å². The second-order valence-corrected chi connectivity index (χ2v) is 8.12. The second-order valence-electron chi connectivity index (χ2n) is 7.68. The standard InChI is InChI=1S/C23H22ClN5O/c24-17-7-5-15(6-8-17)21-12-22(28-27-21)29-10-9-18(14-29)26-23(30)11-16-13-25-20-4-2-1-3-19(16)20/h1-8,12-13,18,25H,9-11,14H2,(H,26,30)(H,27,28). The van der Waals surface area contributed by atoms with E-state index in [0.29, 0.717) is 11.4 Å². The van der Waals surface area contributed by atoms with Crippen molar-refractivity contribution in [3.05, 3.63) is 71.4 Å². The average Bonchev–Trinajstić information content (AvgIpc) is 3.49. The maximum Gasteiger partial charge on any atom is 0.224 e. The normalized spacial score (nSPS) is 16.3. The molecule has 5 rings (SSSR count). The van der Waals surface area contributed by atoms with Gasteiger partial charge in [0.05, 0.1) is 12.1 Å². The van der Waals surface area contributed by atoms with Crippen LogP contribution in [0, 0.1) is 0 Å². The molecule has 1 aliphatic heterocycles. The SMILES string of the molecule is O=C(Cc1c[nH]c2ccccc12)NC1CCN(c2cc(-c3ccc(Cl)cc3)[nH]n2)C1. The van der Waals surface area contributed by atoms with E-state index >= 15 is 0 Å². The predicted octanol–water partition coefficient (Wildman–Crippen LogP) is 4.15. The molecule has 0 spiro atoms. The first-order valence-electron chi connectivity index (χ1n) is 10.1. The Kier molecular flexibility index (Phi) is 4.93. The summed E-state index contributed by atoms with van der Waals surface area (Å²) in [6, 6.07) is 17.9. The van der Waals surface area contributed by atoms with Crippen molar-refractivity contribution >= 4 is 34.2 Å². The number of hydrogen-bond acceptors (Lipinski definition) is 3. The van der Waals surface area contributed by atoms with Gasteiger partial charge in [-0.15, -0.1) is 0 Å². The highest BCUT2D eigenvalue weighted by atomic mass is 35.5. The minimum Gasteiger partial charge on any atom is -0.361 e. The number of aromatic nitrogens is 3. The van der Waals surface area contributed by atoms with Gasteiger partial charge < -0.3 is 15.2 Å². The van der Waals surface area contributed by atoms with E-state index in [9.17, 15) is 4.79 Å². The van der Waals surface area contributed by atoms with Crippen molar-refractivity contribution in [1.29, 1.82) is 0 Å². The van der Waals surface area contributed by atoms with Crippen molar-refractivity contribution in [2.24, 2.45) is 0 Å². The lowest BCUT2D eigenvalue weighted by molar-refractivity contribution is -0.121. The molecule has 0 saturated carbocycles. The molecule has 0 radical (unpaired) electrons. The summed E-state index contributed by atoms with van der Waals surface area (Å²) < 4.78 is 0. The van der Waals surface area contributed by atoms with Gasteiger partial charge in [0, 0.05) is 47.3 Å². The van der Waals surface area contributed by atoms with Gasteiger partial charge in [-0.1, -0.05) is 41.9 Å². The first kappa shape index (κ1) is 18.8. The molecule has 1 atom stereocenters. The Morgan fingerprint density at radius 3 is 2.90 bits per heavy atom. The topological polar surface area (TPSA) is 76.8 Å². The van der Waals surface area contributed by atoms with Crippen LogP contribution in [0.1, 0.15) is 12.0 Å². The van der Waals surface area contributed by atoms with E-state index < -0.39 is 0 Å².